The van der Waals surface area contributed by atoms with Gasteiger partial charge in [-0.3, -0.25) is 9.78 Å². The van der Waals surface area contributed by atoms with Crippen molar-refractivity contribution in [1.29, 1.82) is 0 Å². The molecule has 0 amide bonds. The first-order valence-corrected chi connectivity index (χ1v) is 5.67. The largest absolute Gasteiger partial charge is 0.483 e. The van der Waals surface area contributed by atoms with Gasteiger partial charge in [-0.15, -0.1) is 11.6 Å². The quantitative estimate of drug-likeness (QED) is 0.507. The van der Waals surface area contributed by atoms with Crippen LogP contribution in [0.2, 0.25) is 0 Å². The van der Waals surface area contributed by atoms with Crippen LogP contribution in [0.1, 0.15) is 5.69 Å². The lowest BCUT2D eigenvalue weighted by atomic mass is 10.4. The molecule has 0 spiro atoms. The number of nitrogens with zero attached hydrogens (tertiary/aromatic N) is 2. The third-order valence-electron chi connectivity index (χ3n) is 1.70. The molecule has 100 valence electrons. The van der Waals surface area contributed by atoms with Crippen molar-refractivity contribution in [2.24, 2.45) is 4.99 Å². The Balaban J connectivity index is 3.38. The standard InChI is InChI=1S/C8H6BrClF3N3O2/c1-18-3(2-10)14-7-15-5(8(11,12)13)4(9)6(17)16-7/h2H2,1H3,(H,15,16,17)/b14-3+. The molecule has 1 N–H and O–H groups in total. The minimum atomic E-state index is -4.77. The van der Waals surface area contributed by atoms with Crippen molar-refractivity contribution in [1.82, 2.24) is 9.97 Å². The summed E-state index contributed by atoms with van der Waals surface area (Å²) >= 11 is 7.93. The zero-order valence-electron chi connectivity index (χ0n) is 8.81. The fourth-order valence-electron chi connectivity index (χ4n) is 0.936. The molecule has 0 unspecified atom stereocenters. The number of halogens is 5. The molecule has 1 rings (SSSR count). The van der Waals surface area contributed by atoms with Gasteiger partial charge in [-0.25, -0.2) is 4.98 Å². The summed E-state index contributed by atoms with van der Waals surface area (Å²) in [4.78, 5) is 20.1. The van der Waals surface area contributed by atoms with Gasteiger partial charge >= 0.3 is 6.18 Å². The van der Waals surface area contributed by atoms with Crippen molar-refractivity contribution in [2.75, 3.05) is 13.0 Å². The molecule has 0 fully saturated rings. The van der Waals surface area contributed by atoms with Crippen LogP contribution in [0.15, 0.2) is 14.3 Å². The van der Waals surface area contributed by atoms with Crippen LogP contribution in [0.5, 0.6) is 0 Å². The van der Waals surface area contributed by atoms with Gasteiger partial charge in [-0.2, -0.15) is 18.2 Å². The summed E-state index contributed by atoms with van der Waals surface area (Å²) in [5.41, 5.74) is -2.36. The summed E-state index contributed by atoms with van der Waals surface area (Å²) < 4.78 is 41.6. The molecule has 1 aromatic heterocycles. The van der Waals surface area contributed by atoms with Crippen LogP contribution in [0.3, 0.4) is 0 Å². The van der Waals surface area contributed by atoms with Crippen LogP contribution >= 0.6 is 27.5 Å². The Labute approximate surface area is 112 Å². The van der Waals surface area contributed by atoms with Gasteiger partial charge in [0, 0.05) is 0 Å². The third kappa shape index (κ3) is 3.45. The summed E-state index contributed by atoms with van der Waals surface area (Å²) in [6, 6.07) is 0. The number of methoxy groups -OCH3 is 1. The van der Waals surface area contributed by atoms with Gasteiger partial charge in [-0.05, 0) is 15.9 Å². The number of nitrogens with one attached hydrogen (secondary N) is 1. The van der Waals surface area contributed by atoms with E-state index in [9.17, 15) is 18.0 Å². The summed E-state index contributed by atoms with van der Waals surface area (Å²) in [6.45, 7) is 0. The molecule has 0 aliphatic carbocycles. The van der Waals surface area contributed by atoms with Crippen molar-refractivity contribution in [2.45, 2.75) is 6.18 Å². The number of H-pyrrole nitrogens is 1. The second-order valence-electron chi connectivity index (χ2n) is 2.89. The molecule has 0 saturated heterocycles. The smallest absolute Gasteiger partial charge is 0.434 e. The third-order valence-corrected chi connectivity index (χ3v) is 2.66. The topological polar surface area (TPSA) is 67.3 Å². The molecule has 10 heteroatoms. The molecular formula is C8H6BrClF3N3O2. The number of hydrogen-bond donors (Lipinski definition) is 1. The van der Waals surface area contributed by atoms with Gasteiger partial charge < -0.3 is 4.74 Å². The highest BCUT2D eigenvalue weighted by Crippen LogP contribution is 2.32. The van der Waals surface area contributed by atoms with Crippen molar-refractivity contribution in [3.05, 3.63) is 20.5 Å². The predicted molar refractivity (Wildman–Crippen MR) is 62.4 cm³/mol. The molecule has 0 atom stereocenters. The van der Waals surface area contributed by atoms with Gasteiger partial charge in [-0.1, -0.05) is 0 Å². The number of aromatic amines is 1. The number of hydrogen-bond acceptors (Lipinski definition) is 4. The van der Waals surface area contributed by atoms with Crippen LogP contribution in [-0.2, 0) is 10.9 Å². The minimum absolute atomic E-state index is 0.0738. The maximum atomic E-state index is 12.6. The summed E-state index contributed by atoms with van der Waals surface area (Å²) in [5, 5.41) is 0. The monoisotopic (exact) mass is 347 g/mol. The number of alkyl halides is 4. The fourth-order valence-corrected chi connectivity index (χ4v) is 1.52. The van der Waals surface area contributed by atoms with Crippen LogP contribution in [0, 0.1) is 0 Å². The van der Waals surface area contributed by atoms with E-state index in [1.165, 1.54) is 7.11 Å². The van der Waals surface area contributed by atoms with E-state index in [0.717, 1.165) is 0 Å². The maximum Gasteiger partial charge on any atom is 0.434 e. The highest BCUT2D eigenvalue weighted by molar-refractivity contribution is 9.10. The van der Waals surface area contributed by atoms with Gasteiger partial charge in [0.25, 0.3) is 5.56 Å². The van der Waals surface area contributed by atoms with E-state index in [1.54, 1.807) is 0 Å². The molecule has 1 aromatic rings. The molecule has 0 aromatic carbocycles. The second-order valence-corrected chi connectivity index (χ2v) is 3.95. The Kier molecular flexibility index (Phi) is 4.74. The first-order valence-electron chi connectivity index (χ1n) is 4.34. The second kappa shape index (κ2) is 5.70. The zero-order chi connectivity index (χ0) is 13.9. The molecule has 5 nitrogen and oxygen atoms in total. The first-order chi connectivity index (χ1) is 8.29. The summed E-state index contributed by atoms with van der Waals surface area (Å²) in [7, 11) is 1.24. The Morgan fingerprint density at radius 3 is 2.67 bits per heavy atom. The lowest BCUT2D eigenvalue weighted by molar-refractivity contribution is -0.141. The van der Waals surface area contributed by atoms with E-state index >= 15 is 0 Å². The normalized spacial score (nSPS) is 12.7. The lowest BCUT2D eigenvalue weighted by Crippen LogP contribution is -2.18. The van der Waals surface area contributed by atoms with E-state index < -0.39 is 27.9 Å². The lowest BCUT2D eigenvalue weighted by Gasteiger charge is -2.08. The highest BCUT2D eigenvalue weighted by atomic mass is 79.9. The summed E-state index contributed by atoms with van der Waals surface area (Å²) in [6.07, 6.45) is -4.77. The highest BCUT2D eigenvalue weighted by Gasteiger charge is 2.36. The summed E-state index contributed by atoms with van der Waals surface area (Å²) in [5.74, 6) is -0.777. The van der Waals surface area contributed by atoms with Crippen LogP contribution in [-0.4, -0.2) is 28.9 Å². The van der Waals surface area contributed by atoms with E-state index in [4.69, 9.17) is 11.6 Å². The minimum Gasteiger partial charge on any atom is -0.483 e. The van der Waals surface area contributed by atoms with Crippen molar-refractivity contribution >= 4 is 39.4 Å². The number of ether oxygens (including phenoxy) is 1. The van der Waals surface area contributed by atoms with Crippen molar-refractivity contribution in [3.8, 4) is 0 Å². The van der Waals surface area contributed by atoms with E-state index in [-0.39, 0.29) is 11.8 Å². The Morgan fingerprint density at radius 1 is 1.61 bits per heavy atom. The average molecular weight is 349 g/mol. The molecular weight excluding hydrogens is 342 g/mol. The zero-order valence-corrected chi connectivity index (χ0v) is 11.1. The van der Waals surface area contributed by atoms with Crippen LogP contribution in [0.25, 0.3) is 0 Å². The van der Waals surface area contributed by atoms with E-state index in [1.807, 2.05) is 4.98 Å². The van der Waals surface area contributed by atoms with Crippen LogP contribution < -0.4 is 5.56 Å². The molecule has 18 heavy (non-hydrogen) atoms. The van der Waals surface area contributed by atoms with Gasteiger partial charge in [0.2, 0.25) is 11.8 Å². The molecule has 1 heterocycles. The Hall–Kier alpha value is -1.09. The fraction of sp³-hybridized carbons (Fsp3) is 0.375. The van der Waals surface area contributed by atoms with Gasteiger partial charge in [0.15, 0.2) is 5.69 Å². The Morgan fingerprint density at radius 2 is 2.22 bits per heavy atom. The predicted octanol–water partition coefficient (Wildman–Crippen LogP) is 2.47. The number of aliphatic imine (C=N–C) groups is 1. The Bertz CT molecular complexity index is 523. The first kappa shape index (κ1) is 15.0. The van der Waals surface area contributed by atoms with E-state index in [0.29, 0.717) is 0 Å². The van der Waals surface area contributed by atoms with Crippen LogP contribution in [0.4, 0.5) is 19.1 Å². The number of aromatic nitrogens is 2. The maximum absolute atomic E-state index is 12.6. The molecule has 0 saturated carbocycles. The number of rotatable bonds is 2. The molecule has 0 radical (unpaired) electrons. The van der Waals surface area contributed by atoms with Gasteiger partial charge in [0.05, 0.1) is 13.0 Å². The molecule has 0 bridgehead atoms. The van der Waals surface area contributed by atoms with Crippen molar-refractivity contribution < 1.29 is 17.9 Å². The SMILES string of the molecule is CO/C(CCl)=N/c1nc(C(F)(F)F)c(Br)c(=O)[nH]1. The molecule has 0 aliphatic rings. The average Bonchev–Trinajstić information content (AvgIpc) is 2.28. The molecule has 0 aliphatic heterocycles. The van der Waals surface area contributed by atoms with E-state index in [2.05, 4.69) is 30.6 Å². The van der Waals surface area contributed by atoms with Gasteiger partial charge in [0.1, 0.15) is 4.47 Å². The van der Waals surface area contributed by atoms with Crippen molar-refractivity contribution in [3.63, 3.8) is 0 Å².